The number of benzene rings is 2. The third-order valence-corrected chi connectivity index (χ3v) is 6.64. The minimum atomic E-state index is 0.293. The number of fused-ring (bicyclic) bond motifs is 1. The van der Waals surface area contributed by atoms with Crippen LogP contribution >= 0.6 is 35.1 Å². The van der Waals surface area contributed by atoms with Crippen LogP contribution in [0.4, 0.5) is 0 Å². The molecule has 0 spiro atoms. The Morgan fingerprint density at radius 2 is 2.00 bits per heavy atom. The van der Waals surface area contributed by atoms with E-state index in [1.807, 2.05) is 35.0 Å². The molecule has 0 amide bonds. The Labute approximate surface area is 196 Å². The Morgan fingerprint density at radius 1 is 1.16 bits per heavy atom. The summed E-state index contributed by atoms with van der Waals surface area (Å²) >= 11 is 13.9. The van der Waals surface area contributed by atoms with E-state index in [2.05, 4.69) is 16.6 Å². The van der Waals surface area contributed by atoms with Crippen LogP contribution in [0, 0.1) is 17.2 Å². The van der Waals surface area contributed by atoms with Gasteiger partial charge in [-0.05, 0) is 55.0 Å². The van der Waals surface area contributed by atoms with Gasteiger partial charge >= 0.3 is 0 Å². The van der Waals surface area contributed by atoms with Crippen LogP contribution in [0.3, 0.4) is 0 Å². The predicted molar refractivity (Wildman–Crippen MR) is 128 cm³/mol. The van der Waals surface area contributed by atoms with Crippen LogP contribution in [0.15, 0.2) is 42.6 Å². The van der Waals surface area contributed by atoms with E-state index in [1.54, 1.807) is 24.1 Å². The smallest absolute Gasteiger partial charge is 0.155 e. The SMILES string of the molecule is CSN1CC(CCOc2ccc3c(ccn3-c3cc(Cl)c(OCCCl)c(C#N)c3)c2)C1. The van der Waals surface area contributed by atoms with Gasteiger partial charge in [0.2, 0.25) is 0 Å². The highest BCUT2D eigenvalue weighted by Gasteiger charge is 2.25. The number of alkyl halides is 1. The van der Waals surface area contributed by atoms with Crippen molar-refractivity contribution in [2.45, 2.75) is 6.42 Å². The molecule has 0 atom stereocenters. The lowest BCUT2D eigenvalue weighted by molar-refractivity contribution is 0.174. The molecule has 5 nitrogen and oxygen atoms in total. The van der Waals surface area contributed by atoms with Crippen LogP contribution in [0.2, 0.25) is 5.02 Å². The fourth-order valence-electron chi connectivity index (χ4n) is 3.72. The maximum atomic E-state index is 9.53. The zero-order valence-electron chi connectivity index (χ0n) is 17.2. The van der Waals surface area contributed by atoms with Gasteiger partial charge in [-0.25, -0.2) is 0 Å². The average molecular weight is 476 g/mol. The molecule has 1 aliphatic heterocycles. The summed E-state index contributed by atoms with van der Waals surface area (Å²) in [4.78, 5) is 0. The first-order valence-electron chi connectivity index (χ1n) is 10.1. The largest absolute Gasteiger partial charge is 0.494 e. The van der Waals surface area contributed by atoms with E-state index < -0.39 is 0 Å². The summed E-state index contributed by atoms with van der Waals surface area (Å²) in [6.45, 7) is 3.32. The van der Waals surface area contributed by atoms with Gasteiger partial charge in [0.25, 0.3) is 0 Å². The number of nitrogens with zero attached hydrogens (tertiary/aromatic N) is 3. The quantitative estimate of drug-likeness (QED) is 0.291. The summed E-state index contributed by atoms with van der Waals surface area (Å²) in [5.74, 6) is 2.29. The molecule has 31 heavy (non-hydrogen) atoms. The molecule has 2 heterocycles. The molecule has 162 valence electrons. The van der Waals surface area contributed by atoms with Crippen LogP contribution in [-0.2, 0) is 0 Å². The zero-order valence-corrected chi connectivity index (χ0v) is 19.5. The summed E-state index contributed by atoms with van der Waals surface area (Å²) in [6.07, 6.45) is 5.16. The molecular formula is C23H23Cl2N3O2S. The third-order valence-electron chi connectivity index (χ3n) is 5.39. The fraction of sp³-hybridized carbons (Fsp3) is 0.348. The lowest BCUT2D eigenvalue weighted by Crippen LogP contribution is -2.42. The van der Waals surface area contributed by atoms with Crippen molar-refractivity contribution in [3.05, 3.63) is 53.2 Å². The van der Waals surface area contributed by atoms with E-state index in [4.69, 9.17) is 32.7 Å². The van der Waals surface area contributed by atoms with Gasteiger partial charge in [-0.2, -0.15) is 5.26 Å². The first kappa shape index (κ1) is 22.2. The fourth-order valence-corrected chi connectivity index (χ4v) is 4.79. The van der Waals surface area contributed by atoms with Gasteiger partial charge in [-0.3, -0.25) is 4.31 Å². The zero-order chi connectivity index (χ0) is 21.8. The van der Waals surface area contributed by atoms with Crippen molar-refractivity contribution >= 4 is 46.1 Å². The molecule has 1 saturated heterocycles. The molecule has 0 unspecified atom stereocenters. The molecule has 3 aromatic rings. The molecule has 0 bridgehead atoms. The number of aromatic nitrogens is 1. The molecule has 0 saturated carbocycles. The Hall–Kier alpha value is -2.04. The van der Waals surface area contributed by atoms with Crippen molar-refractivity contribution in [1.82, 2.24) is 8.87 Å². The lowest BCUT2D eigenvalue weighted by atomic mass is 10.0. The number of rotatable bonds is 9. The lowest BCUT2D eigenvalue weighted by Gasteiger charge is -2.37. The van der Waals surface area contributed by atoms with E-state index in [9.17, 15) is 5.26 Å². The predicted octanol–water partition coefficient (Wildman–Crippen LogP) is 5.75. The maximum Gasteiger partial charge on any atom is 0.155 e. The highest BCUT2D eigenvalue weighted by atomic mass is 35.5. The van der Waals surface area contributed by atoms with E-state index in [0.717, 1.165) is 54.4 Å². The summed E-state index contributed by atoms with van der Waals surface area (Å²) in [7, 11) is 0. The standard InChI is InChI=1S/C23H23Cl2N3O2S/c1-31-27-14-16(15-27)5-8-29-20-2-3-22-17(11-20)4-7-28(22)19-10-18(13-26)23(21(25)12-19)30-9-6-24/h2-4,7,10-12,16H,5-6,8-9,14-15H2,1H3. The normalized spacial score (nSPS) is 14.4. The number of hydrogen-bond donors (Lipinski definition) is 0. The number of hydrogen-bond acceptors (Lipinski definition) is 5. The van der Waals surface area contributed by atoms with Crippen molar-refractivity contribution in [2.24, 2.45) is 5.92 Å². The van der Waals surface area contributed by atoms with Crippen molar-refractivity contribution in [1.29, 1.82) is 5.26 Å². The van der Waals surface area contributed by atoms with Gasteiger partial charge in [0.1, 0.15) is 18.4 Å². The molecule has 8 heteroatoms. The molecule has 1 aliphatic rings. The number of ether oxygens (including phenoxy) is 2. The van der Waals surface area contributed by atoms with Gasteiger partial charge in [0.15, 0.2) is 5.75 Å². The minimum absolute atomic E-state index is 0.293. The third kappa shape index (κ3) is 4.91. The molecular weight excluding hydrogens is 453 g/mol. The van der Waals surface area contributed by atoms with Gasteiger partial charge < -0.3 is 14.0 Å². The summed E-state index contributed by atoms with van der Waals surface area (Å²) in [5, 5.41) is 11.0. The monoisotopic (exact) mass is 475 g/mol. The van der Waals surface area contributed by atoms with Crippen LogP contribution in [0.1, 0.15) is 12.0 Å². The first-order valence-corrected chi connectivity index (χ1v) is 12.2. The highest BCUT2D eigenvalue weighted by molar-refractivity contribution is 7.96. The first-order chi connectivity index (χ1) is 15.1. The van der Waals surface area contributed by atoms with Crippen molar-refractivity contribution in [3.63, 3.8) is 0 Å². The molecule has 0 radical (unpaired) electrons. The number of nitriles is 1. The van der Waals surface area contributed by atoms with E-state index in [0.29, 0.717) is 28.8 Å². The molecule has 0 N–H and O–H groups in total. The minimum Gasteiger partial charge on any atom is -0.494 e. The van der Waals surface area contributed by atoms with Crippen molar-refractivity contribution in [3.8, 4) is 23.3 Å². The molecule has 1 aromatic heterocycles. The van der Waals surface area contributed by atoms with E-state index >= 15 is 0 Å². The van der Waals surface area contributed by atoms with Crippen LogP contribution < -0.4 is 9.47 Å². The van der Waals surface area contributed by atoms with Crippen LogP contribution in [0.5, 0.6) is 11.5 Å². The van der Waals surface area contributed by atoms with Crippen LogP contribution in [0.25, 0.3) is 16.6 Å². The van der Waals surface area contributed by atoms with E-state index in [1.165, 1.54) is 0 Å². The number of halogens is 2. The summed E-state index contributed by atoms with van der Waals surface area (Å²) < 4.78 is 15.9. The second kappa shape index (κ2) is 10.1. The molecule has 2 aromatic carbocycles. The Kier molecular flexibility index (Phi) is 7.19. The highest BCUT2D eigenvalue weighted by Crippen LogP contribution is 2.33. The van der Waals surface area contributed by atoms with Crippen LogP contribution in [-0.4, -0.2) is 47.3 Å². The van der Waals surface area contributed by atoms with Gasteiger partial charge in [0.05, 0.1) is 28.6 Å². The van der Waals surface area contributed by atoms with E-state index in [-0.39, 0.29) is 0 Å². The van der Waals surface area contributed by atoms with Gasteiger partial charge in [0, 0.05) is 30.4 Å². The Bertz CT molecular complexity index is 1110. The Morgan fingerprint density at radius 3 is 2.74 bits per heavy atom. The van der Waals surface area contributed by atoms with Gasteiger partial charge in [-0.15, -0.1) is 11.6 Å². The molecule has 4 rings (SSSR count). The molecule has 1 fully saturated rings. The second-order valence-electron chi connectivity index (χ2n) is 7.39. The van der Waals surface area contributed by atoms with Crippen molar-refractivity contribution in [2.75, 3.05) is 38.4 Å². The average Bonchev–Trinajstić information content (AvgIpc) is 3.17. The Balaban J connectivity index is 1.49. The van der Waals surface area contributed by atoms with Crippen molar-refractivity contribution < 1.29 is 9.47 Å². The van der Waals surface area contributed by atoms with Gasteiger partial charge in [-0.1, -0.05) is 23.5 Å². The maximum absolute atomic E-state index is 9.53. The summed E-state index contributed by atoms with van der Waals surface area (Å²) in [6, 6.07) is 13.8. The second-order valence-corrected chi connectivity index (χ2v) is 9.06. The summed E-state index contributed by atoms with van der Waals surface area (Å²) in [5.41, 5.74) is 2.19. The molecule has 0 aliphatic carbocycles. The topological polar surface area (TPSA) is 50.4 Å².